The Morgan fingerprint density at radius 1 is 0.429 bits per heavy atom. The molecule has 0 aliphatic carbocycles. The second-order valence-electron chi connectivity index (χ2n) is 9.67. The van der Waals surface area contributed by atoms with E-state index in [1.807, 2.05) is 30.3 Å². The molecule has 0 aliphatic rings. The van der Waals surface area contributed by atoms with Crippen LogP contribution in [0.25, 0.3) is 0 Å². The van der Waals surface area contributed by atoms with E-state index in [1.54, 1.807) is 0 Å². The van der Waals surface area contributed by atoms with Gasteiger partial charge < -0.3 is 4.74 Å². The molecule has 0 aliphatic heterocycles. The molecule has 206 valence electrons. The fraction of sp³-hybridized carbons (Fsp3) is 0.0833. The molecule has 0 fully saturated rings. The number of aromatic nitrogens is 3. The molecule has 0 bridgehead atoms. The van der Waals surface area contributed by atoms with Crippen molar-refractivity contribution in [3.8, 4) is 6.01 Å². The van der Waals surface area contributed by atoms with Crippen LogP contribution in [0.15, 0.2) is 152 Å². The lowest BCUT2D eigenvalue weighted by molar-refractivity contribution is 0.287. The smallest absolute Gasteiger partial charge is 0.320 e. The predicted octanol–water partition coefficient (Wildman–Crippen LogP) is 5.40. The van der Waals surface area contributed by atoms with E-state index in [9.17, 15) is 0 Å². The standard InChI is InChI=1S/C36H31N3OP2/c1-6-17-29(18-7-1)19-16-28-40-34-37-35(41(30-20-8-2-9-21-30)31-22-10-3-11-23-31)39-36(38-34)42(32-24-12-4-13-25-32)33-26-14-5-15-27-33/h1-15,17-18,20-27H,16,19,28H2. The molecule has 4 nitrogen and oxygen atoms in total. The minimum atomic E-state index is -1.03. The SMILES string of the molecule is c1ccc(CCCOc2nc(P(c3ccccc3)c3ccccc3)nc(P(c3ccccc3)c3ccccc3)n2)cc1. The molecule has 0 saturated heterocycles. The number of rotatable bonds is 11. The summed E-state index contributed by atoms with van der Waals surface area (Å²) in [4.78, 5) is 15.3. The normalized spacial score (nSPS) is 11.1. The topological polar surface area (TPSA) is 47.9 Å². The van der Waals surface area contributed by atoms with Crippen LogP contribution in [0, 0.1) is 0 Å². The van der Waals surface area contributed by atoms with E-state index < -0.39 is 15.8 Å². The Morgan fingerprint density at radius 3 is 1.17 bits per heavy atom. The molecule has 1 heterocycles. The molecular weight excluding hydrogens is 552 g/mol. The first-order valence-electron chi connectivity index (χ1n) is 14.1. The van der Waals surface area contributed by atoms with Gasteiger partial charge in [0, 0.05) is 15.8 Å². The van der Waals surface area contributed by atoms with Gasteiger partial charge in [-0.3, -0.25) is 0 Å². The third kappa shape index (κ3) is 6.97. The molecule has 0 unspecified atom stereocenters. The van der Waals surface area contributed by atoms with Gasteiger partial charge in [-0.1, -0.05) is 152 Å². The summed E-state index contributed by atoms with van der Waals surface area (Å²) in [6.45, 7) is 0.529. The maximum atomic E-state index is 6.31. The van der Waals surface area contributed by atoms with Crippen molar-refractivity contribution < 1.29 is 4.74 Å². The van der Waals surface area contributed by atoms with E-state index in [2.05, 4.69) is 121 Å². The minimum absolute atomic E-state index is 0.391. The van der Waals surface area contributed by atoms with Gasteiger partial charge in [0.15, 0.2) is 11.1 Å². The van der Waals surface area contributed by atoms with Crippen molar-refractivity contribution in [2.45, 2.75) is 12.8 Å². The minimum Gasteiger partial charge on any atom is -0.463 e. The van der Waals surface area contributed by atoms with Gasteiger partial charge in [0.2, 0.25) is 0 Å². The Labute approximate surface area is 250 Å². The van der Waals surface area contributed by atoms with E-state index in [1.165, 1.54) is 26.8 Å². The van der Waals surface area contributed by atoms with Gasteiger partial charge >= 0.3 is 6.01 Å². The highest BCUT2D eigenvalue weighted by Crippen LogP contribution is 2.34. The molecule has 6 aromatic rings. The first-order valence-corrected chi connectivity index (χ1v) is 16.8. The highest BCUT2D eigenvalue weighted by Gasteiger charge is 2.26. The molecule has 42 heavy (non-hydrogen) atoms. The van der Waals surface area contributed by atoms with E-state index in [4.69, 9.17) is 19.7 Å². The molecule has 0 amide bonds. The van der Waals surface area contributed by atoms with Crippen LogP contribution in [0.1, 0.15) is 12.0 Å². The Kier molecular flexibility index (Phi) is 9.37. The fourth-order valence-corrected chi connectivity index (χ4v) is 8.99. The van der Waals surface area contributed by atoms with Crippen LogP contribution in [0.3, 0.4) is 0 Å². The average molecular weight is 584 g/mol. The highest BCUT2D eigenvalue weighted by molar-refractivity contribution is 7.80. The van der Waals surface area contributed by atoms with Crippen LogP contribution >= 0.6 is 15.8 Å². The summed E-state index contributed by atoms with van der Waals surface area (Å²) in [6.07, 6.45) is 1.81. The van der Waals surface area contributed by atoms with Gasteiger partial charge in [-0.2, -0.15) is 9.97 Å². The first-order chi connectivity index (χ1) is 20.8. The van der Waals surface area contributed by atoms with Gasteiger partial charge in [-0.25, -0.2) is 4.98 Å². The number of aryl methyl sites for hydroxylation is 1. The van der Waals surface area contributed by atoms with Gasteiger partial charge in [-0.15, -0.1) is 0 Å². The molecule has 6 rings (SSSR count). The number of benzene rings is 5. The fourth-order valence-electron chi connectivity index (χ4n) is 4.75. The summed E-state index contributed by atoms with van der Waals surface area (Å²) in [5.74, 6) is 0. The van der Waals surface area contributed by atoms with Crippen LogP contribution in [-0.2, 0) is 6.42 Å². The Bertz CT molecular complexity index is 1490. The summed E-state index contributed by atoms with van der Waals surface area (Å²) in [7, 11) is -2.06. The summed E-state index contributed by atoms with van der Waals surface area (Å²) in [6, 6.07) is 53.1. The molecule has 0 atom stereocenters. The summed E-state index contributed by atoms with van der Waals surface area (Å²) >= 11 is 0. The van der Waals surface area contributed by atoms with Gasteiger partial charge in [0.05, 0.1) is 6.61 Å². The predicted molar refractivity (Wildman–Crippen MR) is 177 cm³/mol. The molecule has 1 aromatic heterocycles. The third-order valence-corrected chi connectivity index (χ3v) is 11.2. The number of ether oxygens (including phenoxy) is 1. The summed E-state index contributed by atoms with van der Waals surface area (Å²) in [5.41, 5.74) is 2.81. The summed E-state index contributed by atoms with van der Waals surface area (Å²) in [5, 5.41) is 4.76. The van der Waals surface area contributed by atoms with Gasteiger partial charge in [-0.05, 0) is 39.6 Å². The van der Waals surface area contributed by atoms with Crippen molar-refractivity contribution in [2.75, 3.05) is 6.61 Å². The van der Waals surface area contributed by atoms with E-state index in [0.717, 1.165) is 24.0 Å². The maximum absolute atomic E-state index is 6.31. The van der Waals surface area contributed by atoms with Crippen LogP contribution in [0.5, 0.6) is 6.01 Å². The molecule has 5 aromatic carbocycles. The summed E-state index contributed by atoms with van der Waals surface area (Å²) < 4.78 is 6.31. The van der Waals surface area contributed by atoms with Crippen molar-refractivity contribution in [1.82, 2.24) is 15.0 Å². The van der Waals surface area contributed by atoms with Gasteiger partial charge in [0.25, 0.3) is 0 Å². The van der Waals surface area contributed by atoms with Crippen molar-refractivity contribution in [3.63, 3.8) is 0 Å². The number of hydrogen-bond donors (Lipinski definition) is 0. The number of nitrogens with zero attached hydrogens (tertiary/aromatic N) is 3. The van der Waals surface area contributed by atoms with Gasteiger partial charge in [0.1, 0.15) is 0 Å². The van der Waals surface area contributed by atoms with Crippen LogP contribution in [-0.4, -0.2) is 21.6 Å². The Balaban J connectivity index is 1.43. The zero-order chi connectivity index (χ0) is 28.4. The molecular formula is C36H31N3OP2. The highest BCUT2D eigenvalue weighted by atomic mass is 31.1. The molecule has 6 heteroatoms. The van der Waals surface area contributed by atoms with E-state index in [-0.39, 0.29) is 0 Å². The molecule has 0 saturated carbocycles. The quantitative estimate of drug-likeness (QED) is 0.151. The second-order valence-corrected chi connectivity index (χ2v) is 13.9. The van der Waals surface area contributed by atoms with Crippen molar-refractivity contribution >= 4 is 48.2 Å². The lowest BCUT2D eigenvalue weighted by Crippen LogP contribution is -2.34. The van der Waals surface area contributed by atoms with Crippen molar-refractivity contribution in [1.29, 1.82) is 0 Å². The lowest BCUT2D eigenvalue weighted by Gasteiger charge is -2.21. The van der Waals surface area contributed by atoms with E-state index >= 15 is 0 Å². The zero-order valence-corrected chi connectivity index (χ0v) is 25.0. The number of hydrogen-bond acceptors (Lipinski definition) is 4. The molecule has 0 spiro atoms. The second kappa shape index (κ2) is 14.1. The first kappa shape index (κ1) is 27.9. The largest absolute Gasteiger partial charge is 0.463 e. The maximum Gasteiger partial charge on any atom is 0.320 e. The average Bonchev–Trinajstić information content (AvgIpc) is 3.06. The van der Waals surface area contributed by atoms with E-state index in [0.29, 0.717) is 12.6 Å². The van der Waals surface area contributed by atoms with Crippen LogP contribution < -0.4 is 37.1 Å². The van der Waals surface area contributed by atoms with Crippen LogP contribution in [0.2, 0.25) is 0 Å². The van der Waals surface area contributed by atoms with Crippen LogP contribution in [0.4, 0.5) is 0 Å². The van der Waals surface area contributed by atoms with Crippen molar-refractivity contribution in [2.24, 2.45) is 0 Å². The molecule has 0 radical (unpaired) electrons. The zero-order valence-electron chi connectivity index (χ0n) is 23.2. The Morgan fingerprint density at radius 2 is 0.786 bits per heavy atom. The third-order valence-electron chi connectivity index (χ3n) is 6.73. The Hall–Kier alpha value is -4.23. The monoisotopic (exact) mass is 583 g/mol. The lowest BCUT2D eigenvalue weighted by atomic mass is 10.1. The molecule has 0 N–H and O–H groups in total. The van der Waals surface area contributed by atoms with Crippen molar-refractivity contribution in [3.05, 3.63) is 157 Å².